The van der Waals surface area contributed by atoms with Crippen LogP contribution in [-0.4, -0.2) is 17.3 Å². The van der Waals surface area contributed by atoms with Gasteiger partial charge >= 0.3 is 0 Å². The molecule has 18 heavy (non-hydrogen) atoms. The molecule has 1 heterocycles. The molecule has 0 amide bonds. The first kappa shape index (κ1) is 13.0. The first-order valence-corrected chi connectivity index (χ1v) is 7.46. The van der Waals surface area contributed by atoms with Crippen molar-refractivity contribution in [1.82, 2.24) is 0 Å². The van der Waals surface area contributed by atoms with Crippen LogP contribution in [0.3, 0.4) is 0 Å². The third-order valence-electron chi connectivity index (χ3n) is 2.34. The monoisotopic (exact) mass is 273 g/mol. The van der Waals surface area contributed by atoms with Gasteiger partial charge < -0.3 is 0 Å². The van der Waals surface area contributed by atoms with Crippen LogP contribution in [0.5, 0.6) is 0 Å². The molecule has 1 aliphatic heterocycles. The predicted octanol–water partition coefficient (Wildman–Crippen LogP) is 3.48. The fraction of sp³-hybridized carbons (Fsp3) is 0.143. The van der Waals surface area contributed by atoms with Crippen LogP contribution in [0.2, 0.25) is 0 Å². The number of nitrogens with zero attached hydrogens (tertiary/aromatic N) is 1. The SMILES string of the molecule is N#CC(C(=O)/C=C/c1ccccc1)=C1SCCS1. The Balaban J connectivity index is 2.15. The molecular formula is C14H11NOS2. The topological polar surface area (TPSA) is 40.9 Å². The van der Waals surface area contributed by atoms with E-state index in [1.807, 2.05) is 36.4 Å². The minimum atomic E-state index is -0.210. The largest absolute Gasteiger partial charge is 0.288 e. The Bertz CT molecular complexity index is 533. The van der Waals surface area contributed by atoms with Crippen molar-refractivity contribution < 1.29 is 4.79 Å². The molecule has 0 bridgehead atoms. The van der Waals surface area contributed by atoms with Gasteiger partial charge in [0.25, 0.3) is 0 Å². The fourth-order valence-corrected chi connectivity index (χ4v) is 3.93. The maximum atomic E-state index is 11.9. The van der Waals surface area contributed by atoms with Crippen LogP contribution in [-0.2, 0) is 4.79 Å². The van der Waals surface area contributed by atoms with Crippen LogP contribution in [0, 0.1) is 11.3 Å². The number of thioether (sulfide) groups is 2. The van der Waals surface area contributed by atoms with Gasteiger partial charge in [0, 0.05) is 11.5 Å². The van der Waals surface area contributed by atoms with Gasteiger partial charge in [0.15, 0.2) is 5.78 Å². The molecule has 1 aromatic rings. The van der Waals surface area contributed by atoms with Crippen molar-refractivity contribution in [3.8, 4) is 6.07 Å². The standard InChI is InChI=1S/C14H11NOS2/c15-10-12(14-17-8-9-18-14)13(16)7-6-11-4-2-1-3-5-11/h1-7H,8-9H2/b7-6+. The van der Waals surface area contributed by atoms with Crippen LogP contribution in [0.25, 0.3) is 6.08 Å². The number of carbonyl (C=O) groups is 1. The number of benzene rings is 1. The highest BCUT2D eigenvalue weighted by Gasteiger charge is 2.18. The van der Waals surface area contributed by atoms with Gasteiger partial charge in [-0.2, -0.15) is 5.26 Å². The number of nitriles is 1. The van der Waals surface area contributed by atoms with E-state index in [4.69, 9.17) is 5.26 Å². The number of allylic oxidation sites excluding steroid dienone is 2. The van der Waals surface area contributed by atoms with E-state index >= 15 is 0 Å². The summed E-state index contributed by atoms with van der Waals surface area (Å²) in [7, 11) is 0. The Morgan fingerprint density at radius 1 is 1.22 bits per heavy atom. The zero-order valence-corrected chi connectivity index (χ0v) is 11.3. The second-order valence-electron chi connectivity index (χ2n) is 3.58. The molecule has 1 aliphatic rings. The molecule has 0 aliphatic carbocycles. The van der Waals surface area contributed by atoms with E-state index in [1.165, 1.54) is 6.08 Å². The number of hydrogen-bond acceptors (Lipinski definition) is 4. The van der Waals surface area contributed by atoms with E-state index in [0.29, 0.717) is 0 Å². The Morgan fingerprint density at radius 2 is 1.89 bits per heavy atom. The Morgan fingerprint density at radius 3 is 2.50 bits per heavy atom. The number of carbonyl (C=O) groups excluding carboxylic acids is 1. The van der Waals surface area contributed by atoms with Crippen LogP contribution in [0.15, 0.2) is 46.2 Å². The number of rotatable bonds is 3. The minimum absolute atomic E-state index is 0.210. The van der Waals surface area contributed by atoms with Gasteiger partial charge in [-0.1, -0.05) is 36.4 Å². The average Bonchev–Trinajstić information content (AvgIpc) is 2.92. The van der Waals surface area contributed by atoms with E-state index < -0.39 is 0 Å². The molecule has 0 radical (unpaired) electrons. The highest BCUT2D eigenvalue weighted by atomic mass is 32.2. The minimum Gasteiger partial charge on any atom is -0.288 e. The lowest BCUT2D eigenvalue weighted by Gasteiger charge is -1.97. The molecule has 1 saturated heterocycles. The first-order valence-electron chi connectivity index (χ1n) is 5.48. The number of ketones is 1. The van der Waals surface area contributed by atoms with Crippen molar-refractivity contribution in [3.63, 3.8) is 0 Å². The van der Waals surface area contributed by atoms with Crippen LogP contribution in [0.1, 0.15) is 5.56 Å². The zero-order valence-electron chi connectivity index (χ0n) is 9.63. The fourth-order valence-electron chi connectivity index (χ4n) is 1.48. The summed E-state index contributed by atoms with van der Waals surface area (Å²) in [6.07, 6.45) is 3.21. The van der Waals surface area contributed by atoms with Gasteiger partial charge in [0.1, 0.15) is 11.6 Å². The molecule has 0 aromatic heterocycles. The molecule has 0 unspecified atom stereocenters. The van der Waals surface area contributed by atoms with Crippen molar-refractivity contribution in [3.05, 3.63) is 51.8 Å². The summed E-state index contributed by atoms with van der Waals surface area (Å²) in [4.78, 5) is 11.9. The summed E-state index contributed by atoms with van der Waals surface area (Å²) in [6, 6.07) is 11.6. The first-order chi connectivity index (χ1) is 8.81. The van der Waals surface area contributed by atoms with Crippen LogP contribution in [0.4, 0.5) is 0 Å². The maximum absolute atomic E-state index is 11.9. The van der Waals surface area contributed by atoms with E-state index in [-0.39, 0.29) is 11.4 Å². The quantitative estimate of drug-likeness (QED) is 0.624. The van der Waals surface area contributed by atoms with Crippen molar-refractivity contribution in [2.24, 2.45) is 0 Å². The molecule has 0 spiro atoms. The molecule has 1 aromatic carbocycles. The summed E-state index contributed by atoms with van der Waals surface area (Å²) in [5.41, 5.74) is 1.23. The molecule has 4 heteroatoms. The Kier molecular flexibility index (Phi) is 4.68. The average molecular weight is 273 g/mol. The maximum Gasteiger partial charge on any atom is 0.198 e. The lowest BCUT2D eigenvalue weighted by Crippen LogP contribution is -1.97. The van der Waals surface area contributed by atoms with E-state index in [2.05, 4.69) is 0 Å². The molecule has 0 N–H and O–H groups in total. The highest BCUT2D eigenvalue weighted by molar-refractivity contribution is 8.25. The summed E-state index contributed by atoms with van der Waals surface area (Å²) in [5.74, 6) is 1.74. The van der Waals surface area contributed by atoms with Gasteiger partial charge in [-0.3, -0.25) is 4.79 Å². The third-order valence-corrected chi connectivity index (χ3v) is 5.05. The highest BCUT2D eigenvalue weighted by Crippen LogP contribution is 2.38. The molecule has 90 valence electrons. The summed E-state index contributed by atoms with van der Waals surface area (Å²) in [5, 5.41) is 9.06. The third kappa shape index (κ3) is 3.28. The van der Waals surface area contributed by atoms with Gasteiger partial charge in [0.2, 0.25) is 0 Å². The second-order valence-corrected chi connectivity index (χ2v) is 6.05. The van der Waals surface area contributed by atoms with E-state index in [9.17, 15) is 4.79 Å². The smallest absolute Gasteiger partial charge is 0.198 e. The lowest BCUT2D eigenvalue weighted by molar-refractivity contribution is -0.110. The van der Waals surface area contributed by atoms with E-state index in [1.54, 1.807) is 29.6 Å². The molecule has 1 fully saturated rings. The van der Waals surface area contributed by atoms with Gasteiger partial charge in [-0.05, 0) is 11.6 Å². The van der Waals surface area contributed by atoms with Gasteiger partial charge in [0.05, 0.1) is 4.24 Å². The normalized spacial score (nSPS) is 14.7. The van der Waals surface area contributed by atoms with Crippen molar-refractivity contribution in [1.29, 1.82) is 5.26 Å². The van der Waals surface area contributed by atoms with Crippen molar-refractivity contribution in [2.45, 2.75) is 0 Å². The molecular weight excluding hydrogens is 262 g/mol. The summed E-state index contributed by atoms with van der Waals surface area (Å²) < 4.78 is 0.861. The van der Waals surface area contributed by atoms with Crippen molar-refractivity contribution >= 4 is 35.4 Å². The molecule has 0 saturated carbocycles. The van der Waals surface area contributed by atoms with Crippen molar-refractivity contribution in [2.75, 3.05) is 11.5 Å². The van der Waals surface area contributed by atoms with Gasteiger partial charge in [-0.15, -0.1) is 23.5 Å². The van der Waals surface area contributed by atoms with Crippen LogP contribution >= 0.6 is 23.5 Å². The second kappa shape index (κ2) is 6.48. The Labute approximate surface area is 115 Å². The molecule has 0 atom stereocenters. The lowest BCUT2D eigenvalue weighted by atomic mass is 10.1. The number of hydrogen-bond donors (Lipinski definition) is 0. The van der Waals surface area contributed by atoms with Crippen LogP contribution < -0.4 is 0 Å². The summed E-state index contributed by atoms with van der Waals surface area (Å²) >= 11 is 3.18. The Hall–Kier alpha value is -1.44. The summed E-state index contributed by atoms with van der Waals surface area (Å²) in [6.45, 7) is 0. The molecule has 2 nitrogen and oxygen atoms in total. The van der Waals surface area contributed by atoms with Gasteiger partial charge in [-0.25, -0.2) is 0 Å². The zero-order chi connectivity index (χ0) is 12.8. The predicted molar refractivity (Wildman–Crippen MR) is 78.0 cm³/mol. The van der Waals surface area contributed by atoms with E-state index in [0.717, 1.165) is 21.3 Å². The molecule has 2 rings (SSSR count).